The van der Waals surface area contributed by atoms with Gasteiger partial charge in [-0.15, -0.1) is 11.3 Å². The first-order chi connectivity index (χ1) is 10.9. The average molecular weight is 333 g/mol. The third-order valence-corrected chi connectivity index (χ3v) is 4.24. The van der Waals surface area contributed by atoms with Gasteiger partial charge in [0, 0.05) is 28.9 Å². The first kappa shape index (κ1) is 17.4. The molecule has 2 amide bonds. The lowest BCUT2D eigenvalue weighted by atomic mass is 10.1. The lowest BCUT2D eigenvalue weighted by molar-refractivity contribution is 0.148. The number of urea groups is 1. The standard InChI is InChI=1S/C17H23N3O2S/c1-11(2)7-15(21)9-18-17(22)20-14-6-4-5-13(8-14)16-19-12(3)10-23-16/h4-6,8,10-11,15,21H,7,9H2,1-3H3,(H2,18,20,22). The third-order valence-electron chi connectivity index (χ3n) is 3.23. The van der Waals surface area contributed by atoms with Crippen LogP contribution in [-0.4, -0.2) is 28.8 Å². The van der Waals surface area contributed by atoms with Gasteiger partial charge in [0.15, 0.2) is 0 Å². The molecule has 0 saturated heterocycles. The summed E-state index contributed by atoms with van der Waals surface area (Å²) in [7, 11) is 0. The van der Waals surface area contributed by atoms with Crippen molar-refractivity contribution in [1.29, 1.82) is 0 Å². The molecular weight excluding hydrogens is 310 g/mol. The number of hydrogen-bond acceptors (Lipinski definition) is 4. The average Bonchev–Trinajstić information content (AvgIpc) is 2.91. The Balaban J connectivity index is 1.91. The number of benzene rings is 1. The molecule has 2 rings (SSSR count). The topological polar surface area (TPSA) is 74.2 Å². The van der Waals surface area contributed by atoms with Crippen molar-refractivity contribution in [3.63, 3.8) is 0 Å². The lowest BCUT2D eigenvalue weighted by Crippen LogP contribution is -2.35. The van der Waals surface area contributed by atoms with Crippen molar-refractivity contribution in [2.45, 2.75) is 33.3 Å². The molecule has 1 heterocycles. The lowest BCUT2D eigenvalue weighted by Gasteiger charge is -2.14. The fraction of sp³-hybridized carbons (Fsp3) is 0.412. The van der Waals surface area contributed by atoms with E-state index >= 15 is 0 Å². The molecule has 0 saturated carbocycles. The Hall–Kier alpha value is -1.92. The zero-order valence-electron chi connectivity index (χ0n) is 13.7. The van der Waals surface area contributed by atoms with E-state index in [9.17, 15) is 9.90 Å². The van der Waals surface area contributed by atoms with Crippen LogP contribution in [0.1, 0.15) is 26.0 Å². The number of amides is 2. The van der Waals surface area contributed by atoms with E-state index in [1.807, 2.05) is 50.4 Å². The highest BCUT2D eigenvalue weighted by atomic mass is 32.1. The Bertz CT molecular complexity index is 655. The van der Waals surface area contributed by atoms with Crippen LogP contribution in [0, 0.1) is 12.8 Å². The van der Waals surface area contributed by atoms with Crippen molar-refractivity contribution < 1.29 is 9.90 Å². The van der Waals surface area contributed by atoms with Crippen molar-refractivity contribution in [2.24, 2.45) is 5.92 Å². The highest BCUT2D eigenvalue weighted by molar-refractivity contribution is 7.13. The molecule has 0 aliphatic carbocycles. The predicted molar refractivity (Wildman–Crippen MR) is 94.8 cm³/mol. The quantitative estimate of drug-likeness (QED) is 0.755. The number of aromatic nitrogens is 1. The zero-order valence-corrected chi connectivity index (χ0v) is 14.5. The molecule has 3 N–H and O–H groups in total. The van der Waals surface area contributed by atoms with Gasteiger partial charge in [-0.2, -0.15) is 0 Å². The number of anilines is 1. The molecule has 2 aromatic rings. The van der Waals surface area contributed by atoms with Gasteiger partial charge in [0.1, 0.15) is 5.01 Å². The second kappa shape index (κ2) is 8.08. The smallest absolute Gasteiger partial charge is 0.319 e. The maximum atomic E-state index is 11.9. The fourth-order valence-corrected chi connectivity index (χ4v) is 3.02. The normalized spacial score (nSPS) is 12.2. The molecule has 1 aromatic carbocycles. The molecule has 0 radical (unpaired) electrons. The molecule has 6 heteroatoms. The number of nitrogens with zero attached hydrogens (tertiary/aromatic N) is 1. The van der Waals surface area contributed by atoms with Crippen molar-refractivity contribution in [1.82, 2.24) is 10.3 Å². The Kier molecular flexibility index (Phi) is 6.12. The maximum Gasteiger partial charge on any atom is 0.319 e. The molecule has 0 bridgehead atoms. The van der Waals surface area contributed by atoms with Gasteiger partial charge in [-0.05, 0) is 31.4 Å². The second-order valence-electron chi connectivity index (χ2n) is 5.99. The van der Waals surface area contributed by atoms with E-state index in [1.54, 1.807) is 11.3 Å². The summed E-state index contributed by atoms with van der Waals surface area (Å²) in [6, 6.07) is 7.25. The fourth-order valence-electron chi connectivity index (χ4n) is 2.23. The molecule has 1 unspecified atom stereocenters. The summed E-state index contributed by atoms with van der Waals surface area (Å²) < 4.78 is 0. The Morgan fingerprint density at radius 3 is 2.83 bits per heavy atom. The summed E-state index contributed by atoms with van der Waals surface area (Å²) in [6.07, 6.45) is 0.143. The summed E-state index contributed by atoms with van der Waals surface area (Å²) in [6.45, 7) is 6.28. The van der Waals surface area contributed by atoms with Gasteiger partial charge < -0.3 is 15.7 Å². The summed E-state index contributed by atoms with van der Waals surface area (Å²) in [4.78, 5) is 16.4. The number of rotatable bonds is 6. The van der Waals surface area contributed by atoms with E-state index in [1.165, 1.54) is 0 Å². The summed E-state index contributed by atoms with van der Waals surface area (Å²) >= 11 is 1.58. The second-order valence-corrected chi connectivity index (χ2v) is 6.85. The number of carbonyl (C=O) groups is 1. The largest absolute Gasteiger partial charge is 0.391 e. The Morgan fingerprint density at radius 1 is 1.39 bits per heavy atom. The third kappa shape index (κ3) is 5.65. The minimum Gasteiger partial charge on any atom is -0.391 e. The van der Waals surface area contributed by atoms with Gasteiger partial charge in [0.2, 0.25) is 0 Å². The molecule has 0 spiro atoms. The van der Waals surface area contributed by atoms with Gasteiger partial charge in [0.25, 0.3) is 0 Å². The molecule has 5 nitrogen and oxygen atoms in total. The molecule has 124 valence electrons. The van der Waals surface area contributed by atoms with Crippen LogP contribution in [0.5, 0.6) is 0 Å². The van der Waals surface area contributed by atoms with Crippen molar-refractivity contribution in [3.8, 4) is 10.6 Å². The summed E-state index contributed by atoms with van der Waals surface area (Å²) in [5, 5.41) is 18.2. The number of carbonyl (C=O) groups excluding carboxylic acids is 1. The zero-order chi connectivity index (χ0) is 16.8. The van der Waals surface area contributed by atoms with E-state index in [2.05, 4.69) is 15.6 Å². The van der Waals surface area contributed by atoms with Crippen molar-refractivity contribution in [2.75, 3.05) is 11.9 Å². The molecule has 0 aliphatic rings. The predicted octanol–water partition coefficient (Wildman–Crippen LogP) is 3.65. The number of nitrogens with one attached hydrogen (secondary N) is 2. The highest BCUT2D eigenvalue weighted by Crippen LogP contribution is 2.25. The van der Waals surface area contributed by atoms with Crippen LogP contribution >= 0.6 is 11.3 Å². The van der Waals surface area contributed by atoms with Crippen LogP contribution in [0.2, 0.25) is 0 Å². The number of aliphatic hydroxyl groups excluding tert-OH is 1. The Morgan fingerprint density at radius 2 is 2.17 bits per heavy atom. The molecule has 1 aromatic heterocycles. The highest BCUT2D eigenvalue weighted by Gasteiger charge is 2.10. The van der Waals surface area contributed by atoms with Gasteiger partial charge >= 0.3 is 6.03 Å². The SMILES string of the molecule is Cc1csc(-c2cccc(NC(=O)NCC(O)CC(C)C)c2)n1. The summed E-state index contributed by atoms with van der Waals surface area (Å²) in [5.74, 6) is 0.397. The first-order valence-corrected chi connectivity index (χ1v) is 8.57. The van der Waals surface area contributed by atoms with E-state index in [-0.39, 0.29) is 12.6 Å². The van der Waals surface area contributed by atoms with Gasteiger partial charge in [-0.25, -0.2) is 9.78 Å². The molecule has 0 aliphatic heterocycles. The molecule has 0 fully saturated rings. The van der Waals surface area contributed by atoms with E-state index in [4.69, 9.17) is 0 Å². The minimum absolute atomic E-state index is 0.245. The van der Waals surface area contributed by atoms with Gasteiger partial charge in [-0.1, -0.05) is 26.0 Å². The van der Waals surface area contributed by atoms with Crippen LogP contribution < -0.4 is 10.6 Å². The van der Waals surface area contributed by atoms with Gasteiger partial charge in [0.05, 0.1) is 6.10 Å². The maximum absolute atomic E-state index is 11.9. The number of aliphatic hydroxyl groups is 1. The van der Waals surface area contributed by atoms with Gasteiger partial charge in [-0.3, -0.25) is 0 Å². The van der Waals surface area contributed by atoms with E-state index < -0.39 is 6.10 Å². The van der Waals surface area contributed by atoms with E-state index in [0.29, 0.717) is 18.0 Å². The van der Waals surface area contributed by atoms with Crippen LogP contribution in [0.15, 0.2) is 29.6 Å². The van der Waals surface area contributed by atoms with Crippen LogP contribution in [0.4, 0.5) is 10.5 Å². The van der Waals surface area contributed by atoms with Crippen LogP contribution in [-0.2, 0) is 0 Å². The van der Waals surface area contributed by atoms with Crippen molar-refractivity contribution >= 4 is 23.1 Å². The van der Waals surface area contributed by atoms with Crippen LogP contribution in [0.25, 0.3) is 10.6 Å². The van der Waals surface area contributed by atoms with E-state index in [0.717, 1.165) is 16.3 Å². The first-order valence-electron chi connectivity index (χ1n) is 7.69. The number of thiazole rings is 1. The molecule has 1 atom stereocenters. The number of hydrogen-bond donors (Lipinski definition) is 3. The molecular formula is C17H23N3O2S. The monoisotopic (exact) mass is 333 g/mol. The Labute approximate surface area is 140 Å². The molecule has 23 heavy (non-hydrogen) atoms. The van der Waals surface area contributed by atoms with Crippen LogP contribution in [0.3, 0.4) is 0 Å². The summed E-state index contributed by atoms with van der Waals surface area (Å²) in [5.41, 5.74) is 2.66. The number of aryl methyl sites for hydroxylation is 1. The minimum atomic E-state index is -0.523. The van der Waals surface area contributed by atoms with Crippen molar-refractivity contribution in [3.05, 3.63) is 35.3 Å².